The lowest BCUT2D eigenvalue weighted by Crippen LogP contribution is -1.99. The van der Waals surface area contributed by atoms with E-state index in [2.05, 4.69) is 32.9 Å². The summed E-state index contributed by atoms with van der Waals surface area (Å²) in [5.74, 6) is 0.740. The molecule has 0 amide bonds. The maximum absolute atomic E-state index is 2.46. The molecule has 0 radical (unpaired) electrons. The Labute approximate surface area is 109 Å². The largest absolute Gasteiger partial charge is 0.0810 e. The third-order valence-corrected chi connectivity index (χ3v) is 3.27. The number of unbranched alkanes of at least 4 members (excludes halogenated alkanes) is 3. The van der Waals surface area contributed by atoms with Gasteiger partial charge in [0, 0.05) is 0 Å². The normalized spacial score (nSPS) is 14.9. The van der Waals surface area contributed by atoms with E-state index in [4.69, 9.17) is 0 Å². The SMILES string of the molecule is CC.CCCCCCC1=CCCC(C(C)C)=C1. The molecule has 0 atom stereocenters. The molecule has 0 unspecified atom stereocenters. The van der Waals surface area contributed by atoms with Gasteiger partial charge in [0.2, 0.25) is 0 Å². The van der Waals surface area contributed by atoms with Gasteiger partial charge >= 0.3 is 0 Å². The van der Waals surface area contributed by atoms with Crippen LogP contribution in [0, 0.1) is 5.92 Å². The fraction of sp³-hybridized carbons (Fsp3) is 0.765. The number of allylic oxidation sites excluding steroid dienone is 4. The van der Waals surface area contributed by atoms with Crippen LogP contribution in [0.2, 0.25) is 0 Å². The molecule has 0 heteroatoms. The van der Waals surface area contributed by atoms with E-state index in [1.807, 2.05) is 13.8 Å². The third kappa shape index (κ3) is 7.41. The first-order valence-electron chi connectivity index (χ1n) is 7.63. The van der Waals surface area contributed by atoms with Crippen molar-refractivity contribution < 1.29 is 0 Å². The van der Waals surface area contributed by atoms with Crippen LogP contribution in [0.5, 0.6) is 0 Å². The molecule has 0 N–H and O–H groups in total. The van der Waals surface area contributed by atoms with Crippen molar-refractivity contribution >= 4 is 0 Å². The van der Waals surface area contributed by atoms with Crippen molar-refractivity contribution in [3.05, 3.63) is 23.3 Å². The lowest BCUT2D eigenvalue weighted by Gasteiger charge is -2.16. The molecule has 0 bridgehead atoms. The summed E-state index contributed by atoms with van der Waals surface area (Å²) in [6, 6.07) is 0. The molecular formula is C17H32. The van der Waals surface area contributed by atoms with Crippen molar-refractivity contribution in [3.63, 3.8) is 0 Å². The summed E-state index contributed by atoms with van der Waals surface area (Å²) in [5.41, 5.74) is 3.25. The van der Waals surface area contributed by atoms with Gasteiger partial charge in [-0.3, -0.25) is 0 Å². The molecule has 0 saturated heterocycles. The van der Waals surface area contributed by atoms with Crippen LogP contribution in [0.1, 0.15) is 79.6 Å². The van der Waals surface area contributed by atoms with Crippen LogP contribution >= 0.6 is 0 Å². The molecule has 100 valence electrons. The van der Waals surface area contributed by atoms with Crippen LogP contribution in [0.25, 0.3) is 0 Å². The smallest absolute Gasteiger partial charge is 0.0257 e. The lowest BCUT2D eigenvalue weighted by molar-refractivity contribution is 0.657. The first kappa shape index (κ1) is 16.5. The summed E-state index contributed by atoms with van der Waals surface area (Å²) in [4.78, 5) is 0. The van der Waals surface area contributed by atoms with Crippen molar-refractivity contribution in [2.24, 2.45) is 5.92 Å². The minimum Gasteiger partial charge on any atom is -0.0810 e. The fourth-order valence-electron chi connectivity index (χ4n) is 2.18. The van der Waals surface area contributed by atoms with Gasteiger partial charge in [-0.2, -0.15) is 0 Å². The predicted octanol–water partition coefficient (Wildman–Crippen LogP) is 6.29. The average Bonchev–Trinajstić information content (AvgIpc) is 2.37. The number of rotatable bonds is 6. The summed E-state index contributed by atoms with van der Waals surface area (Å²) in [6.45, 7) is 10.9. The van der Waals surface area contributed by atoms with E-state index in [1.165, 1.54) is 44.9 Å². The van der Waals surface area contributed by atoms with Gasteiger partial charge in [-0.25, -0.2) is 0 Å². The zero-order chi connectivity index (χ0) is 13.1. The Morgan fingerprint density at radius 3 is 2.41 bits per heavy atom. The van der Waals surface area contributed by atoms with Crippen molar-refractivity contribution in [3.8, 4) is 0 Å². The quantitative estimate of drug-likeness (QED) is 0.476. The topological polar surface area (TPSA) is 0 Å². The average molecular weight is 236 g/mol. The standard InChI is InChI=1S/C15H26.C2H6/c1-4-5-6-7-9-14-10-8-11-15(12-14)13(2)3;1-2/h10,12-13H,4-9,11H2,1-3H3;1-2H3. The molecule has 1 aliphatic rings. The maximum Gasteiger partial charge on any atom is -0.0257 e. The Balaban J connectivity index is 0.00000121. The molecule has 0 saturated carbocycles. The Bertz CT molecular complexity index is 230. The van der Waals surface area contributed by atoms with Crippen molar-refractivity contribution in [2.75, 3.05) is 0 Å². The van der Waals surface area contributed by atoms with Crippen LogP contribution in [-0.2, 0) is 0 Å². The summed E-state index contributed by atoms with van der Waals surface area (Å²) < 4.78 is 0. The Morgan fingerprint density at radius 2 is 1.82 bits per heavy atom. The molecule has 0 aromatic heterocycles. The van der Waals surface area contributed by atoms with Gasteiger partial charge in [-0.15, -0.1) is 0 Å². The van der Waals surface area contributed by atoms with E-state index in [0.717, 1.165) is 5.92 Å². The Hall–Kier alpha value is -0.520. The van der Waals surface area contributed by atoms with Crippen LogP contribution in [0.15, 0.2) is 23.3 Å². The predicted molar refractivity (Wildman–Crippen MR) is 80.3 cm³/mol. The van der Waals surface area contributed by atoms with Crippen molar-refractivity contribution in [1.29, 1.82) is 0 Å². The van der Waals surface area contributed by atoms with Gasteiger partial charge < -0.3 is 0 Å². The lowest BCUT2D eigenvalue weighted by atomic mass is 9.90. The van der Waals surface area contributed by atoms with E-state index < -0.39 is 0 Å². The van der Waals surface area contributed by atoms with E-state index in [1.54, 1.807) is 11.1 Å². The zero-order valence-corrected chi connectivity index (χ0v) is 12.7. The zero-order valence-electron chi connectivity index (χ0n) is 12.7. The van der Waals surface area contributed by atoms with Crippen LogP contribution in [0.3, 0.4) is 0 Å². The highest BCUT2D eigenvalue weighted by Crippen LogP contribution is 2.26. The number of hydrogen-bond donors (Lipinski definition) is 0. The number of hydrogen-bond acceptors (Lipinski definition) is 0. The highest BCUT2D eigenvalue weighted by molar-refractivity contribution is 5.28. The van der Waals surface area contributed by atoms with Crippen LogP contribution in [-0.4, -0.2) is 0 Å². The molecule has 0 spiro atoms. The minimum absolute atomic E-state index is 0.740. The van der Waals surface area contributed by atoms with Crippen LogP contribution < -0.4 is 0 Å². The van der Waals surface area contributed by atoms with Gasteiger partial charge in [0.1, 0.15) is 0 Å². The van der Waals surface area contributed by atoms with Gasteiger partial charge in [-0.05, 0) is 31.6 Å². The van der Waals surface area contributed by atoms with E-state index >= 15 is 0 Å². The molecule has 0 fully saturated rings. The summed E-state index contributed by atoms with van der Waals surface area (Å²) in [5, 5.41) is 0. The van der Waals surface area contributed by atoms with Gasteiger partial charge in [-0.1, -0.05) is 77.2 Å². The highest BCUT2D eigenvalue weighted by atomic mass is 14.1. The van der Waals surface area contributed by atoms with Gasteiger partial charge in [0.15, 0.2) is 0 Å². The highest BCUT2D eigenvalue weighted by Gasteiger charge is 2.08. The first-order chi connectivity index (χ1) is 8.24. The maximum atomic E-state index is 2.46. The van der Waals surface area contributed by atoms with Crippen molar-refractivity contribution in [1.82, 2.24) is 0 Å². The van der Waals surface area contributed by atoms with Gasteiger partial charge in [0.05, 0.1) is 0 Å². The molecule has 0 heterocycles. The molecule has 0 aromatic rings. The first-order valence-corrected chi connectivity index (χ1v) is 7.63. The fourth-order valence-corrected chi connectivity index (χ4v) is 2.18. The molecule has 17 heavy (non-hydrogen) atoms. The van der Waals surface area contributed by atoms with Gasteiger partial charge in [0.25, 0.3) is 0 Å². The van der Waals surface area contributed by atoms with E-state index in [9.17, 15) is 0 Å². The molecule has 1 rings (SSSR count). The molecular weight excluding hydrogens is 204 g/mol. The second-order valence-corrected chi connectivity index (χ2v) is 5.00. The molecule has 0 nitrogen and oxygen atoms in total. The molecule has 0 aromatic carbocycles. The van der Waals surface area contributed by atoms with E-state index in [-0.39, 0.29) is 0 Å². The third-order valence-electron chi connectivity index (χ3n) is 3.27. The summed E-state index contributed by atoms with van der Waals surface area (Å²) in [6.07, 6.45) is 14.3. The van der Waals surface area contributed by atoms with E-state index in [0.29, 0.717) is 0 Å². The molecule has 0 aliphatic heterocycles. The van der Waals surface area contributed by atoms with Crippen LogP contribution in [0.4, 0.5) is 0 Å². The Morgan fingerprint density at radius 1 is 1.12 bits per heavy atom. The second kappa shape index (κ2) is 10.6. The molecule has 1 aliphatic carbocycles. The minimum atomic E-state index is 0.740. The summed E-state index contributed by atoms with van der Waals surface area (Å²) >= 11 is 0. The second-order valence-electron chi connectivity index (χ2n) is 5.00. The monoisotopic (exact) mass is 236 g/mol. The van der Waals surface area contributed by atoms with Crippen molar-refractivity contribution in [2.45, 2.75) is 79.6 Å². The summed E-state index contributed by atoms with van der Waals surface area (Å²) in [7, 11) is 0. The Kier molecular flexibility index (Phi) is 10.3.